The molecule has 5 nitrogen and oxygen atoms in total. The lowest BCUT2D eigenvalue weighted by atomic mass is 10.2. The third-order valence-corrected chi connectivity index (χ3v) is 1.37. The van der Waals surface area contributed by atoms with E-state index in [0.29, 0.717) is 6.42 Å². The molecule has 0 fully saturated rings. The predicted molar refractivity (Wildman–Crippen MR) is 44.0 cm³/mol. The van der Waals surface area contributed by atoms with Crippen molar-refractivity contribution in [2.45, 2.75) is 18.9 Å². The smallest absolute Gasteiger partial charge is 0.234 e. The van der Waals surface area contributed by atoms with Gasteiger partial charge in [-0.2, -0.15) is 5.26 Å². The van der Waals surface area contributed by atoms with E-state index in [1.54, 1.807) is 0 Å². The SMILES string of the molecule is C#CCC(N)c1nnc(CC#N)o1. The minimum absolute atomic E-state index is 0.0930. The number of nitriles is 1. The third kappa shape index (κ3) is 2.29. The molecule has 2 N–H and O–H groups in total. The lowest BCUT2D eigenvalue weighted by molar-refractivity contribution is 0.427. The van der Waals surface area contributed by atoms with E-state index in [0.717, 1.165) is 0 Å². The second kappa shape index (κ2) is 4.24. The molecule has 0 aliphatic rings. The summed E-state index contributed by atoms with van der Waals surface area (Å²) in [5.41, 5.74) is 5.59. The Hall–Kier alpha value is -1.85. The first-order valence-electron chi connectivity index (χ1n) is 3.66. The van der Waals surface area contributed by atoms with Gasteiger partial charge in [0.15, 0.2) is 0 Å². The molecule has 0 bridgehead atoms. The molecule has 0 spiro atoms. The average Bonchev–Trinajstić information content (AvgIpc) is 2.54. The molecule has 0 saturated carbocycles. The van der Waals surface area contributed by atoms with Crippen molar-refractivity contribution < 1.29 is 4.42 Å². The molecule has 0 aromatic carbocycles. The number of nitrogens with two attached hydrogens (primary N) is 1. The van der Waals surface area contributed by atoms with Crippen LogP contribution in [-0.2, 0) is 6.42 Å². The van der Waals surface area contributed by atoms with Gasteiger partial charge in [0.05, 0.1) is 12.1 Å². The molecule has 5 heteroatoms. The van der Waals surface area contributed by atoms with Crippen LogP contribution in [0.5, 0.6) is 0 Å². The molecule has 1 aromatic heterocycles. The Bertz CT molecular complexity index is 357. The zero-order chi connectivity index (χ0) is 9.68. The summed E-state index contributed by atoms with van der Waals surface area (Å²) in [6.07, 6.45) is 5.49. The summed E-state index contributed by atoms with van der Waals surface area (Å²) in [6.45, 7) is 0. The van der Waals surface area contributed by atoms with E-state index in [1.807, 2.05) is 6.07 Å². The van der Waals surface area contributed by atoms with Gasteiger partial charge in [-0.25, -0.2) is 0 Å². The average molecular weight is 176 g/mol. The normalized spacial score (nSPS) is 11.6. The Morgan fingerprint density at radius 1 is 1.62 bits per heavy atom. The van der Waals surface area contributed by atoms with Crippen LogP contribution in [0.4, 0.5) is 0 Å². The summed E-state index contributed by atoms with van der Waals surface area (Å²) in [5, 5.41) is 15.6. The first-order chi connectivity index (χ1) is 6.27. The molecule has 1 unspecified atom stereocenters. The van der Waals surface area contributed by atoms with Crippen LogP contribution < -0.4 is 5.73 Å². The standard InChI is InChI=1S/C8H8N4O/c1-2-3-6(10)8-12-11-7(13-8)4-5-9/h1,6H,3-4,10H2. The first kappa shape index (κ1) is 9.24. The fraction of sp³-hybridized carbons (Fsp3) is 0.375. The van der Waals surface area contributed by atoms with Crippen LogP contribution in [0.25, 0.3) is 0 Å². The summed E-state index contributed by atoms with van der Waals surface area (Å²) in [6, 6.07) is 1.45. The first-order valence-corrected chi connectivity index (χ1v) is 3.66. The summed E-state index contributed by atoms with van der Waals surface area (Å²) in [5.74, 6) is 2.94. The lowest BCUT2D eigenvalue weighted by Gasteiger charge is -1.99. The monoisotopic (exact) mass is 176 g/mol. The second-order valence-corrected chi connectivity index (χ2v) is 2.38. The largest absolute Gasteiger partial charge is 0.422 e. The Morgan fingerprint density at radius 3 is 3.00 bits per heavy atom. The van der Waals surface area contributed by atoms with Crippen molar-refractivity contribution >= 4 is 0 Å². The Balaban J connectivity index is 2.70. The van der Waals surface area contributed by atoms with E-state index < -0.39 is 6.04 Å². The van der Waals surface area contributed by atoms with Gasteiger partial charge in [-0.3, -0.25) is 0 Å². The van der Waals surface area contributed by atoms with E-state index in [2.05, 4.69) is 16.1 Å². The maximum atomic E-state index is 8.33. The molecule has 0 saturated heterocycles. The van der Waals surface area contributed by atoms with Gasteiger partial charge in [0, 0.05) is 6.42 Å². The van der Waals surface area contributed by atoms with Crippen LogP contribution in [0.1, 0.15) is 24.2 Å². The summed E-state index contributed by atoms with van der Waals surface area (Å²) in [4.78, 5) is 0. The van der Waals surface area contributed by atoms with Crippen molar-refractivity contribution in [2.24, 2.45) is 5.73 Å². The summed E-state index contributed by atoms with van der Waals surface area (Å²) in [7, 11) is 0. The summed E-state index contributed by atoms with van der Waals surface area (Å²) < 4.78 is 5.07. The van der Waals surface area contributed by atoms with Crippen molar-refractivity contribution in [3.05, 3.63) is 11.8 Å². The molecule has 0 aliphatic carbocycles. The highest BCUT2D eigenvalue weighted by Crippen LogP contribution is 2.11. The van der Waals surface area contributed by atoms with Gasteiger partial charge < -0.3 is 10.2 Å². The number of aromatic nitrogens is 2. The van der Waals surface area contributed by atoms with E-state index in [9.17, 15) is 0 Å². The molecular formula is C8H8N4O. The van der Waals surface area contributed by atoms with Crippen molar-refractivity contribution in [1.29, 1.82) is 5.26 Å². The fourth-order valence-corrected chi connectivity index (χ4v) is 0.770. The van der Waals surface area contributed by atoms with Crippen molar-refractivity contribution in [2.75, 3.05) is 0 Å². The van der Waals surface area contributed by atoms with Crippen molar-refractivity contribution in [3.63, 3.8) is 0 Å². The predicted octanol–water partition coefficient (Wildman–Crippen LogP) is 0.159. The lowest BCUT2D eigenvalue weighted by Crippen LogP contribution is -2.09. The molecule has 0 radical (unpaired) electrons. The number of hydrogen-bond acceptors (Lipinski definition) is 5. The number of hydrogen-bond donors (Lipinski definition) is 1. The highest BCUT2D eigenvalue weighted by molar-refractivity contribution is 4.98. The summed E-state index contributed by atoms with van der Waals surface area (Å²) >= 11 is 0. The van der Waals surface area contributed by atoms with Crippen LogP contribution in [-0.4, -0.2) is 10.2 Å². The molecule has 1 aromatic rings. The molecule has 0 amide bonds. The highest BCUT2D eigenvalue weighted by atomic mass is 16.4. The van der Waals surface area contributed by atoms with Gasteiger partial charge in [0.25, 0.3) is 0 Å². The van der Waals surface area contributed by atoms with E-state index in [-0.39, 0.29) is 18.2 Å². The number of rotatable bonds is 3. The molecule has 1 heterocycles. The molecule has 1 atom stereocenters. The zero-order valence-electron chi connectivity index (χ0n) is 6.90. The fourth-order valence-electron chi connectivity index (χ4n) is 0.770. The van der Waals surface area contributed by atoms with E-state index in [4.69, 9.17) is 21.8 Å². The van der Waals surface area contributed by atoms with Gasteiger partial charge in [0.2, 0.25) is 11.8 Å². The maximum absolute atomic E-state index is 8.33. The number of terminal acetylenes is 1. The van der Waals surface area contributed by atoms with E-state index >= 15 is 0 Å². The third-order valence-electron chi connectivity index (χ3n) is 1.37. The Labute approximate surface area is 75.6 Å². The van der Waals surface area contributed by atoms with Gasteiger partial charge in [-0.15, -0.1) is 22.5 Å². The molecule has 1 rings (SSSR count). The minimum atomic E-state index is -0.440. The van der Waals surface area contributed by atoms with Crippen LogP contribution >= 0.6 is 0 Å². The maximum Gasteiger partial charge on any atom is 0.234 e. The van der Waals surface area contributed by atoms with Crippen LogP contribution in [0, 0.1) is 23.7 Å². The molecule has 0 aliphatic heterocycles. The number of nitrogens with zero attached hydrogens (tertiary/aromatic N) is 3. The highest BCUT2D eigenvalue weighted by Gasteiger charge is 2.12. The molecule has 66 valence electrons. The quantitative estimate of drug-likeness (QED) is 0.662. The second-order valence-electron chi connectivity index (χ2n) is 2.38. The van der Waals surface area contributed by atoms with Crippen molar-refractivity contribution in [3.8, 4) is 18.4 Å². The topological polar surface area (TPSA) is 88.7 Å². The zero-order valence-corrected chi connectivity index (χ0v) is 6.90. The van der Waals surface area contributed by atoms with Crippen molar-refractivity contribution in [1.82, 2.24) is 10.2 Å². The molecular weight excluding hydrogens is 168 g/mol. The van der Waals surface area contributed by atoms with Gasteiger partial charge >= 0.3 is 0 Å². The Morgan fingerprint density at radius 2 is 2.38 bits per heavy atom. The van der Waals surface area contributed by atoms with Gasteiger partial charge in [0.1, 0.15) is 6.42 Å². The van der Waals surface area contributed by atoms with Gasteiger partial charge in [-0.05, 0) is 0 Å². The molecule has 13 heavy (non-hydrogen) atoms. The Kier molecular flexibility index (Phi) is 3.02. The van der Waals surface area contributed by atoms with Crippen LogP contribution in [0.3, 0.4) is 0 Å². The van der Waals surface area contributed by atoms with E-state index in [1.165, 1.54) is 0 Å². The van der Waals surface area contributed by atoms with Crippen LogP contribution in [0.15, 0.2) is 4.42 Å². The van der Waals surface area contributed by atoms with Gasteiger partial charge in [-0.1, -0.05) is 0 Å². The minimum Gasteiger partial charge on any atom is -0.422 e. The van der Waals surface area contributed by atoms with Crippen LogP contribution in [0.2, 0.25) is 0 Å².